The van der Waals surface area contributed by atoms with Crippen LogP contribution in [0.25, 0.3) is 0 Å². The Labute approximate surface area is 111 Å². The highest BCUT2D eigenvalue weighted by Gasteiger charge is 2.38. The van der Waals surface area contributed by atoms with E-state index in [1.807, 2.05) is 11.3 Å². The fourth-order valence-electron chi connectivity index (χ4n) is 2.84. The second kappa shape index (κ2) is 5.19. The van der Waals surface area contributed by atoms with E-state index >= 15 is 0 Å². The van der Waals surface area contributed by atoms with E-state index in [0.29, 0.717) is 11.5 Å². The first-order valence-corrected chi connectivity index (χ1v) is 7.81. The molecule has 0 aliphatic heterocycles. The zero-order chi connectivity index (χ0) is 11.6. The summed E-state index contributed by atoms with van der Waals surface area (Å²) in [5.41, 5.74) is 0.448. The molecule has 1 unspecified atom stereocenters. The second-order valence-corrected chi connectivity index (χ2v) is 6.79. The predicted molar refractivity (Wildman–Crippen MR) is 75.0 cm³/mol. The highest BCUT2D eigenvalue weighted by atomic mass is 79.9. The Morgan fingerprint density at radius 1 is 1.50 bits per heavy atom. The minimum Gasteiger partial charge on any atom is -0.309 e. The van der Waals surface area contributed by atoms with Crippen molar-refractivity contribution >= 4 is 27.3 Å². The van der Waals surface area contributed by atoms with Gasteiger partial charge in [-0.1, -0.05) is 26.7 Å². The molecule has 3 heteroatoms. The largest absolute Gasteiger partial charge is 0.309 e. The molecule has 1 saturated carbocycles. The zero-order valence-electron chi connectivity index (χ0n) is 10.1. The number of hydrogen-bond acceptors (Lipinski definition) is 2. The Hall–Kier alpha value is 0.140. The van der Waals surface area contributed by atoms with Gasteiger partial charge < -0.3 is 5.32 Å². The number of nitrogens with one attached hydrogen (secondary N) is 1. The van der Waals surface area contributed by atoms with Crippen LogP contribution in [0.4, 0.5) is 0 Å². The molecule has 0 aromatic carbocycles. The number of rotatable bonds is 4. The van der Waals surface area contributed by atoms with Gasteiger partial charge in [-0.3, -0.25) is 0 Å². The van der Waals surface area contributed by atoms with Crippen molar-refractivity contribution in [2.75, 3.05) is 6.54 Å². The first kappa shape index (κ1) is 12.6. The molecule has 0 radical (unpaired) electrons. The Bertz CT molecular complexity index is 341. The van der Waals surface area contributed by atoms with Crippen molar-refractivity contribution in [2.24, 2.45) is 5.41 Å². The molecule has 2 rings (SSSR count). The highest BCUT2D eigenvalue weighted by Crippen LogP contribution is 2.49. The lowest BCUT2D eigenvalue weighted by molar-refractivity contribution is 0.229. The van der Waals surface area contributed by atoms with E-state index < -0.39 is 0 Å². The number of thiophene rings is 1. The first-order chi connectivity index (χ1) is 7.67. The van der Waals surface area contributed by atoms with E-state index in [1.54, 1.807) is 0 Å². The molecular formula is C13H20BrNS. The molecule has 0 saturated heterocycles. The van der Waals surface area contributed by atoms with Crippen LogP contribution in [0.5, 0.6) is 0 Å². The summed E-state index contributed by atoms with van der Waals surface area (Å²) < 4.78 is 1.27. The maximum atomic E-state index is 3.69. The average Bonchev–Trinajstić information content (AvgIpc) is 2.85. The Kier molecular flexibility index (Phi) is 4.09. The predicted octanol–water partition coefficient (Wildman–Crippen LogP) is 4.74. The van der Waals surface area contributed by atoms with Gasteiger partial charge in [-0.15, -0.1) is 11.3 Å². The fourth-order valence-corrected chi connectivity index (χ4v) is 4.69. The Balaban J connectivity index is 2.26. The van der Waals surface area contributed by atoms with Crippen LogP contribution in [0, 0.1) is 5.41 Å². The summed E-state index contributed by atoms with van der Waals surface area (Å²) >= 11 is 5.55. The minimum absolute atomic E-state index is 0.448. The van der Waals surface area contributed by atoms with E-state index in [0.717, 1.165) is 6.54 Å². The SMILES string of the molecule is CCNC(c1sccc1Br)C1(C)CCCC1. The van der Waals surface area contributed by atoms with Gasteiger partial charge in [-0.25, -0.2) is 0 Å². The topological polar surface area (TPSA) is 12.0 Å². The smallest absolute Gasteiger partial charge is 0.0480 e. The van der Waals surface area contributed by atoms with Crippen LogP contribution in [-0.2, 0) is 0 Å². The molecule has 1 aromatic heterocycles. The maximum absolute atomic E-state index is 3.69. The van der Waals surface area contributed by atoms with Crippen LogP contribution in [0.3, 0.4) is 0 Å². The zero-order valence-corrected chi connectivity index (χ0v) is 12.5. The van der Waals surface area contributed by atoms with Gasteiger partial charge in [-0.05, 0) is 52.2 Å². The van der Waals surface area contributed by atoms with Gasteiger partial charge in [0.05, 0.1) is 0 Å². The van der Waals surface area contributed by atoms with Crippen LogP contribution in [0.15, 0.2) is 15.9 Å². The maximum Gasteiger partial charge on any atom is 0.0480 e. The van der Waals surface area contributed by atoms with Gasteiger partial charge in [0.2, 0.25) is 0 Å². The van der Waals surface area contributed by atoms with Crippen molar-refractivity contribution in [1.29, 1.82) is 0 Å². The van der Waals surface area contributed by atoms with Gasteiger partial charge >= 0.3 is 0 Å². The summed E-state index contributed by atoms with van der Waals surface area (Å²) in [5, 5.41) is 5.87. The van der Waals surface area contributed by atoms with Crippen molar-refractivity contribution in [3.05, 3.63) is 20.8 Å². The first-order valence-electron chi connectivity index (χ1n) is 6.13. The lowest BCUT2D eigenvalue weighted by Gasteiger charge is -2.34. The summed E-state index contributed by atoms with van der Waals surface area (Å²) in [4.78, 5) is 1.48. The molecule has 1 atom stereocenters. The highest BCUT2D eigenvalue weighted by molar-refractivity contribution is 9.10. The van der Waals surface area contributed by atoms with E-state index in [9.17, 15) is 0 Å². The van der Waals surface area contributed by atoms with Crippen molar-refractivity contribution in [3.8, 4) is 0 Å². The van der Waals surface area contributed by atoms with Crippen LogP contribution >= 0.6 is 27.3 Å². The quantitative estimate of drug-likeness (QED) is 0.847. The summed E-state index contributed by atoms with van der Waals surface area (Å²) in [7, 11) is 0. The third kappa shape index (κ3) is 2.36. The van der Waals surface area contributed by atoms with Crippen LogP contribution < -0.4 is 5.32 Å². The molecule has 0 spiro atoms. The van der Waals surface area contributed by atoms with E-state index in [4.69, 9.17) is 0 Å². The Morgan fingerprint density at radius 3 is 2.69 bits per heavy atom. The molecule has 16 heavy (non-hydrogen) atoms. The van der Waals surface area contributed by atoms with Gasteiger partial charge in [0, 0.05) is 15.4 Å². The van der Waals surface area contributed by atoms with Gasteiger partial charge in [0.1, 0.15) is 0 Å². The van der Waals surface area contributed by atoms with Crippen molar-refractivity contribution in [3.63, 3.8) is 0 Å². The third-order valence-electron chi connectivity index (χ3n) is 3.76. The van der Waals surface area contributed by atoms with Crippen LogP contribution in [0.1, 0.15) is 50.4 Å². The van der Waals surface area contributed by atoms with E-state index in [1.165, 1.54) is 35.0 Å². The monoisotopic (exact) mass is 301 g/mol. The molecule has 1 fully saturated rings. The van der Waals surface area contributed by atoms with Crippen molar-refractivity contribution < 1.29 is 0 Å². The molecule has 1 heterocycles. The molecule has 1 aliphatic rings. The minimum atomic E-state index is 0.448. The number of hydrogen-bond donors (Lipinski definition) is 1. The Morgan fingerprint density at radius 2 is 2.19 bits per heavy atom. The second-order valence-electron chi connectivity index (χ2n) is 4.98. The fraction of sp³-hybridized carbons (Fsp3) is 0.692. The number of halogens is 1. The summed E-state index contributed by atoms with van der Waals surface area (Å²) in [6, 6.07) is 2.69. The molecule has 1 aromatic rings. The van der Waals surface area contributed by atoms with E-state index in [2.05, 4.69) is 46.5 Å². The average molecular weight is 302 g/mol. The summed E-state index contributed by atoms with van der Waals surface area (Å²) in [6.45, 7) is 5.69. The van der Waals surface area contributed by atoms with E-state index in [-0.39, 0.29) is 0 Å². The molecule has 0 amide bonds. The third-order valence-corrected chi connectivity index (χ3v) is 5.69. The van der Waals surface area contributed by atoms with Crippen LogP contribution in [0.2, 0.25) is 0 Å². The lowest BCUT2D eigenvalue weighted by Crippen LogP contribution is -2.34. The molecule has 1 N–H and O–H groups in total. The van der Waals surface area contributed by atoms with Crippen molar-refractivity contribution in [1.82, 2.24) is 5.32 Å². The van der Waals surface area contributed by atoms with Crippen LogP contribution in [-0.4, -0.2) is 6.54 Å². The van der Waals surface area contributed by atoms with Gasteiger partial charge in [-0.2, -0.15) is 0 Å². The molecule has 1 nitrogen and oxygen atoms in total. The molecule has 1 aliphatic carbocycles. The van der Waals surface area contributed by atoms with Gasteiger partial charge in [0.15, 0.2) is 0 Å². The summed E-state index contributed by atoms with van der Waals surface area (Å²) in [6.07, 6.45) is 5.49. The molecule has 0 bridgehead atoms. The standard InChI is InChI=1S/C13H20BrNS/c1-3-15-12(11-10(14)6-9-16-11)13(2)7-4-5-8-13/h6,9,12,15H,3-5,7-8H2,1-2H3. The lowest BCUT2D eigenvalue weighted by atomic mass is 9.80. The summed E-state index contributed by atoms with van der Waals surface area (Å²) in [5.74, 6) is 0. The van der Waals surface area contributed by atoms with Crippen molar-refractivity contribution in [2.45, 2.75) is 45.6 Å². The normalized spacial score (nSPS) is 21.2. The molecule has 90 valence electrons. The van der Waals surface area contributed by atoms with Gasteiger partial charge in [0.25, 0.3) is 0 Å². The molecular weight excluding hydrogens is 282 g/mol.